The zero-order valence-corrected chi connectivity index (χ0v) is 18.4. The van der Waals surface area contributed by atoms with Crippen LogP contribution < -0.4 is 0 Å². The first-order chi connectivity index (χ1) is 15.9. The normalized spacial score (nSPS) is 16.8. The van der Waals surface area contributed by atoms with Crippen molar-refractivity contribution >= 4 is 11.4 Å². The summed E-state index contributed by atoms with van der Waals surface area (Å²) < 4.78 is 61.3. The molecule has 12 heteroatoms. The van der Waals surface area contributed by atoms with Crippen molar-refractivity contribution in [1.82, 2.24) is 29.5 Å². The lowest BCUT2D eigenvalue weighted by molar-refractivity contribution is -0.142. The third-order valence-corrected chi connectivity index (χ3v) is 5.76. The molecule has 0 spiro atoms. The average Bonchev–Trinajstić information content (AvgIpc) is 3.48. The molecule has 4 aromatic heterocycles. The Hall–Kier alpha value is -3.70. The molecular formula is C22H20F4N6O2. The monoisotopic (exact) mass is 476 g/mol. The van der Waals surface area contributed by atoms with Crippen LogP contribution >= 0.6 is 0 Å². The Labute approximate surface area is 190 Å². The minimum absolute atomic E-state index is 0.135. The number of hydrogen-bond acceptors (Lipinski definition) is 5. The number of imidazole rings is 1. The molecule has 0 radical (unpaired) electrons. The van der Waals surface area contributed by atoms with Crippen molar-refractivity contribution < 1.29 is 26.8 Å². The Morgan fingerprint density at radius 2 is 2.00 bits per heavy atom. The van der Waals surface area contributed by atoms with Crippen molar-refractivity contribution in [3.05, 3.63) is 70.7 Å². The maximum Gasteiger partial charge on any atom is 0.433 e. The molecule has 0 unspecified atom stereocenters. The van der Waals surface area contributed by atoms with Gasteiger partial charge >= 0.3 is 6.18 Å². The number of rotatable bonds is 3. The molecule has 34 heavy (non-hydrogen) atoms. The van der Waals surface area contributed by atoms with E-state index in [1.165, 1.54) is 50.2 Å². The van der Waals surface area contributed by atoms with Crippen LogP contribution in [-0.2, 0) is 18.3 Å². The highest BCUT2D eigenvalue weighted by atomic mass is 19.4. The summed E-state index contributed by atoms with van der Waals surface area (Å²) in [7, 11) is 0. The van der Waals surface area contributed by atoms with Gasteiger partial charge in [-0.05, 0) is 39.0 Å². The van der Waals surface area contributed by atoms with E-state index in [2.05, 4.69) is 20.1 Å². The van der Waals surface area contributed by atoms with Crippen LogP contribution in [0.25, 0.3) is 5.52 Å². The molecule has 0 fully saturated rings. The molecule has 4 aromatic rings. The molecule has 0 saturated heterocycles. The van der Waals surface area contributed by atoms with Crippen LogP contribution in [0.1, 0.15) is 64.8 Å². The number of fused-ring (bicyclic) bond motifs is 2. The number of nitrogens with one attached hydrogen (secondary N) is 1. The predicted octanol–water partition coefficient (Wildman–Crippen LogP) is 4.37. The van der Waals surface area contributed by atoms with Crippen molar-refractivity contribution in [1.29, 1.82) is 0 Å². The maximum absolute atomic E-state index is 14.4. The minimum Gasteiger partial charge on any atom is -0.432 e. The molecule has 8 nitrogen and oxygen atoms in total. The average molecular weight is 476 g/mol. The number of aromatic nitrogens is 5. The largest absolute Gasteiger partial charge is 0.433 e. The van der Waals surface area contributed by atoms with E-state index in [0.29, 0.717) is 12.1 Å². The first kappa shape index (κ1) is 22.1. The third-order valence-electron chi connectivity index (χ3n) is 5.76. The smallest absolute Gasteiger partial charge is 0.432 e. The SMILES string of the molecule is Cc1nc(C(C)(C)F)oc1C(=O)N1CCc2[nH]cnc2[C@@H]1c1cc2cccc(C(F)(F)F)n2n1. The molecule has 0 bridgehead atoms. The summed E-state index contributed by atoms with van der Waals surface area (Å²) in [4.78, 5) is 26.3. The second-order valence-electron chi connectivity index (χ2n) is 8.64. The Morgan fingerprint density at radius 3 is 2.68 bits per heavy atom. The zero-order chi connectivity index (χ0) is 24.4. The van der Waals surface area contributed by atoms with Crippen molar-refractivity contribution in [3.63, 3.8) is 0 Å². The number of nitrogens with zero attached hydrogens (tertiary/aromatic N) is 5. The van der Waals surface area contributed by atoms with Gasteiger partial charge in [0, 0.05) is 18.7 Å². The van der Waals surface area contributed by atoms with Gasteiger partial charge in [-0.3, -0.25) is 4.79 Å². The number of carbonyl (C=O) groups is 1. The van der Waals surface area contributed by atoms with Gasteiger partial charge in [-0.25, -0.2) is 18.9 Å². The van der Waals surface area contributed by atoms with Gasteiger partial charge in [-0.1, -0.05) is 6.07 Å². The number of amides is 1. The van der Waals surface area contributed by atoms with Crippen molar-refractivity contribution in [2.24, 2.45) is 0 Å². The Morgan fingerprint density at radius 1 is 1.24 bits per heavy atom. The van der Waals surface area contributed by atoms with E-state index < -0.39 is 29.5 Å². The number of carbonyl (C=O) groups excluding carboxylic acids is 1. The zero-order valence-electron chi connectivity index (χ0n) is 18.4. The predicted molar refractivity (Wildman–Crippen MR) is 111 cm³/mol. The van der Waals surface area contributed by atoms with Crippen LogP contribution in [0.5, 0.6) is 0 Å². The quantitative estimate of drug-likeness (QED) is 0.444. The summed E-state index contributed by atoms with van der Waals surface area (Å²) >= 11 is 0. The fourth-order valence-corrected chi connectivity index (χ4v) is 4.16. The third kappa shape index (κ3) is 3.53. The summed E-state index contributed by atoms with van der Waals surface area (Å²) in [5, 5.41) is 4.22. The first-order valence-corrected chi connectivity index (χ1v) is 10.5. The molecule has 178 valence electrons. The Kier molecular flexibility index (Phi) is 4.81. The summed E-state index contributed by atoms with van der Waals surface area (Å²) in [6.45, 7) is 4.28. The van der Waals surface area contributed by atoms with Crippen LogP contribution in [0.3, 0.4) is 0 Å². The van der Waals surface area contributed by atoms with Crippen molar-refractivity contribution in [2.75, 3.05) is 6.54 Å². The molecule has 1 aliphatic heterocycles. The van der Waals surface area contributed by atoms with E-state index in [4.69, 9.17) is 4.42 Å². The molecule has 0 saturated carbocycles. The lowest BCUT2D eigenvalue weighted by atomic mass is 9.99. The van der Waals surface area contributed by atoms with Gasteiger partial charge < -0.3 is 14.3 Å². The fourth-order valence-electron chi connectivity index (χ4n) is 4.16. The maximum atomic E-state index is 14.4. The highest BCUT2D eigenvalue weighted by molar-refractivity contribution is 5.93. The number of H-pyrrole nitrogens is 1. The summed E-state index contributed by atoms with van der Waals surface area (Å²) in [6, 6.07) is 4.35. The van der Waals surface area contributed by atoms with E-state index >= 15 is 0 Å². The Balaban J connectivity index is 1.63. The second-order valence-corrected chi connectivity index (χ2v) is 8.64. The van der Waals surface area contributed by atoms with Gasteiger partial charge in [0.2, 0.25) is 11.7 Å². The number of halogens is 4. The standard InChI is InChI=1S/C22H20F4N6O2/c1-11-18(34-20(29-11)21(2,3)23)19(33)31-8-7-13-16(28-10-27-13)17(31)14-9-12-5-4-6-15(22(24,25)26)32(12)30-14/h4-6,9-10,17H,7-8H2,1-3H3,(H,27,28)/t17-/m0/s1. The summed E-state index contributed by atoms with van der Waals surface area (Å²) in [5.41, 5.74) is -0.963. The Bertz CT molecular complexity index is 1390. The van der Waals surface area contributed by atoms with Crippen LogP contribution in [0.2, 0.25) is 0 Å². The van der Waals surface area contributed by atoms with Gasteiger partial charge in [0.05, 0.1) is 28.9 Å². The van der Waals surface area contributed by atoms with E-state index in [-0.39, 0.29) is 35.1 Å². The number of alkyl halides is 4. The van der Waals surface area contributed by atoms with Gasteiger partial charge in [0.15, 0.2) is 5.67 Å². The molecule has 5 rings (SSSR count). The number of aryl methyl sites for hydroxylation is 1. The van der Waals surface area contributed by atoms with Crippen LogP contribution in [0, 0.1) is 6.92 Å². The van der Waals surface area contributed by atoms with Crippen LogP contribution in [0.4, 0.5) is 17.6 Å². The molecule has 0 aliphatic carbocycles. The van der Waals surface area contributed by atoms with E-state index in [0.717, 1.165) is 16.3 Å². The summed E-state index contributed by atoms with van der Waals surface area (Å²) in [5.74, 6) is -0.943. The fraction of sp³-hybridized carbons (Fsp3) is 0.364. The minimum atomic E-state index is -4.62. The van der Waals surface area contributed by atoms with Gasteiger partial charge in [-0.2, -0.15) is 18.3 Å². The lowest BCUT2D eigenvalue weighted by Gasteiger charge is -2.33. The highest BCUT2D eigenvalue weighted by Gasteiger charge is 2.40. The first-order valence-electron chi connectivity index (χ1n) is 10.5. The van der Waals surface area contributed by atoms with E-state index in [9.17, 15) is 22.4 Å². The molecule has 1 amide bonds. The van der Waals surface area contributed by atoms with Gasteiger partial charge in [0.25, 0.3) is 5.91 Å². The topological polar surface area (TPSA) is 92.3 Å². The van der Waals surface area contributed by atoms with Crippen molar-refractivity contribution in [3.8, 4) is 0 Å². The van der Waals surface area contributed by atoms with E-state index in [1.54, 1.807) is 0 Å². The summed E-state index contributed by atoms with van der Waals surface area (Å²) in [6.07, 6.45) is -2.71. The lowest BCUT2D eigenvalue weighted by Crippen LogP contribution is -2.41. The second kappa shape index (κ2) is 7.40. The molecule has 1 atom stereocenters. The molecule has 0 aromatic carbocycles. The van der Waals surface area contributed by atoms with E-state index in [1.807, 2.05) is 0 Å². The van der Waals surface area contributed by atoms with Crippen LogP contribution in [0.15, 0.2) is 35.0 Å². The number of hydrogen-bond donors (Lipinski definition) is 1. The highest BCUT2D eigenvalue weighted by Crippen LogP contribution is 2.37. The van der Waals surface area contributed by atoms with Gasteiger partial charge in [-0.15, -0.1) is 0 Å². The number of aromatic amines is 1. The van der Waals surface area contributed by atoms with Gasteiger partial charge in [0.1, 0.15) is 11.7 Å². The number of oxazole rings is 1. The number of pyridine rings is 1. The molecular weight excluding hydrogens is 456 g/mol. The molecule has 1 N–H and O–H groups in total. The molecule has 1 aliphatic rings. The molecule has 5 heterocycles. The van der Waals surface area contributed by atoms with Crippen molar-refractivity contribution in [2.45, 2.75) is 45.1 Å². The van der Waals surface area contributed by atoms with Crippen LogP contribution in [-0.4, -0.2) is 41.9 Å².